The predicted octanol–water partition coefficient (Wildman–Crippen LogP) is 4.07. The molecule has 0 saturated carbocycles. The highest BCUT2D eigenvalue weighted by molar-refractivity contribution is 8.01. The lowest BCUT2D eigenvalue weighted by atomic mass is 10.2. The molecule has 0 aliphatic rings. The van der Waals surface area contributed by atoms with Gasteiger partial charge in [-0.25, -0.2) is 0 Å². The molecule has 4 rings (SSSR count). The van der Waals surface area contributed by atoms with Crippen molar-refractivity contribution in [1.82, 2.24) is 20.4 Å². The summed E-state index contributed by atoms with van der Waals surface area (Å²) in [6.45, 7) is 0. The van der Waals surface area contributed by atoms with Crippen molar-refractivity contribution in [2.24, 2.45) is 0 Å². The van der Waals surface area contributed by atoms with Crippen LogP contribution < -0.4 is 15.4 Å². The minimum Gasteiger partial charge on any atom is -0.497 e. The molecule has 0 atom stereocenters. The first-order valence-electron chi connectivity index (χ1n) is 8.76. The molecular formula is C19H16N6O3S2. The number of carbonyl (C=O) groups excluding carboxylic acids is 1. The lowest BCUT2D eigenvalue weighted by molar-refractivity contribution is -0.113. The molecule has 0 radical (unpaired) electrons. The van der Waals surface area contributed by atoms with Gasteiger partial charge in [0, 0.05) is 17.3 Å². The number of hydrogen-bond acceptors (Lipinski definition) is 10. The Balaban J connectivity index is 1.29. The van der Waals surface area contributed by atoms with E-state index in [1.807, 2.05) is 54.6 Å². The van der Waals surface area contributed by atoms with E-state index >= 15 is 0 Å². The van der Waals surface area contributed by atoms with Gasteiger partial charge in [0.15, 0.2) is 4.34 Å². The fourth-order valence-electron chi connectivity index (χ4n) is 2.40. The topological polar surface area (TPSA) is 115 Å². The quantitative estimate of drug-likeness (QED) is 0.391. The van der Waals surface area contributed by atoms with Crippen LogP contribution >= 0.6 is 23.1 Å². The van der Waals surface area contributed by atoms with Gasteiger partial charge in [0.1, 0.15) is 5.75 Å². The van der Waals surface area contributed by atoms with E-state index in [4.69, 9.17) is 9.15 Å². The molecule has 0 aliphatic carbocycles. The Hall–Kier alpha value is -3.44. The fourth-order valence-corrected chi connectivity index (χ4v) is 3.97. The summed E-state index contributed by atoms with van der Waals surface area (Å²) in [4.78, 5) is 12.2. The molecule has 0 bridgehead atoms. The maximum absolute atomic E-state index is 12.2. The van der Waals surface area contributed by atoms with Crippen LogP contribution in [-0.4, -0.2) is 39.2 Å². The van der Waals surface area contributed by atoms with Crippen LogP contribution in [0.15, 0.2) is 63.4 Å². The number of nitrogens with one attached hydrogen (secondary N) is 2. The summed E-state index contributed by atoms with van der Waals surface area (Å²) in [6.07, 6.45) is 0. The largest absolute Gasteiger partial charge is 0.497 e. The predicted molar refractivity (Wildman–Crippen MR) is 115 cm³/mol. The van der Waals surface area contributed by atoms with Gasteiger partial charge in [-0.15, -0.1) is 15.3 Å². The number of rotatable bonds is 8. The number of benzene rings is 2. The van der Waals surface area contributed by atoms with Gasteiger partial charge in [-0.05, 0) is 24.3 Å². The molecule has 0 saturated heterocycles. The monoisotopic (exact) mass is 440 g/mol. The van der Waals surface area contributed by atoms with E-state index in [9.17, 15) is 4.79 Å². The van der Waals surface area contributed by atoms with Gasteiger partial charge in [-0.1, -0.05) is 52.5 Å². The van der Waals surface area contributed by atoms with Crippen LogP contribution in [0.5, 0.6) is 5.75 Å². The number of thioether (sulfide) groups is 1. The average molecular weight is 441 g/mol. The molecule has 2 aromatic carbocycles. The van der Waals surface area contributed by atoms with Gasteiger partial charge < -0.3 is 14.5 Å². The van der Waals surface area contributed by atoms with Crippen LogP contribution in [0.25, 0.3) is 11.5 Å². The average Bonchev–Trinajstić information content (AvgIpc) is 3.43. The summed E-state index contributed by atoms with van der Waals surface area (Å²) in [5.74, 6) is 0.945. The van der Waals surface area contributed by atoms with E-state index in [-0.39, 0.29) is 17.7 Å². The van der Waals surface area contributed by atoms with Crippen molar-refractivity contribution in [3.8, 4) is 17.2 Å². The van der Waals surface area contributed by atoms with Crippen LogP contribution in [0, 0.1) is 0 Å². The van der Waals surface area contributed by atoms with Crippen LogP contribution in [0.2, 0.25) is 0 Å². The fraction of sp³-hybridized carbons (Fsp3) is 0.105. The van der Waals surface area contributed by atoms with Crippen LogP contribution in [0.1, 0.15) is 0 Å². The summed E-state index contributed by atoms with van der Waals surface area (Å²) >= 11 is 2.62. The zero-order chi connectivity index (χ0) is 20.8. The summed E-state index contributed by atoms with van der Waals surface area (Å²) in [7, 11) is 1.61. The van der Waals surface area contributed by atoms with Gasteiger partial charge in [-0.3, -0.25) is 10.1 Å². The summed E-state index contributed by atoms with van der Waals surface area (Å²) in [5.41, 5.74) is 1.62. The molecule has 0 unspecified atom stereocenters. The Morgan fingerprint density at radius 1 is 1.10 bits per heavy atom. The van der Waals surface area contributed by atoms with Crippen molar-refractivity contribution >= 4 is 45.8 Å². The van der Waals surface area contributed by atoms with E-state index in [0.717, 1.165) is 17.0 Å². The number of carbonyl (C=O) groups is 1. The van der Waals surface area contributed by atoms with Crippen molar-refractivity contribution in [3.05, 3.63) is 54.6 Å². The van der Waals surface area contributed by atoms with E-state index in [2.05, 4.69) is 31.0 Å². The summed E-state index contributed by atoms with van der Waals surface area (Å²) in [6, 6.07) is 16.9. The molecule has 1 amide bonds. The zero-order valence-corrected chi connectivity index (χ0v) is 17.4. The number of ether oxygens (including phenoxy) is 1. The molecule has 9 nitrogen and oxygen atoms in total. The second-order valence-corrected chi connectivity index (χ2v) is 8.05. The number of aromatic nitrogens is 4. The molecule has 11 heteroatoms. The highest BCUT2D eigenvalue weighted by Gasteiger charge is 2.13. The Morgan fingerprint density at radius 2 is 1.97 bits per heavy atom. The second kappa shape index (κ2) is 9.37. The lowest BCUT2D eigenvalue weighted by Gasteiger charge is -2.04. The van der Waals surface area contributed by atoms with Crippen molar-refractivity contribution in [2.45, 2.75) is 4.34 Å². The van der Waals surface area contributed by atoms with Crippen molar-refractivity contribution in [2.75, 3.05) is 23.5 Å². The Bertz CT molecular complexity index is 1130. The maximum atomic E-state index is 12.2. The first-order chi connectivity index (χ1) is 14.7. The summed E-state index contributed by atoms with van der Waals surface area (Å²) in [5, 5.41) is 22.3. The molecule has 152 valence electrons. The zero-order valence-electron chi connectivity index (χ0n) is 15.7. The van der Waals surface area contributed by atoms with Crippen LogP contribution in [0.4, 0.5) is 16.8 Å². The van der Waals surface area contributed by atoms with Crippen molar-refractivity contribution in [1.29, 1.82) is 0 Å². The first kappa shape index (κ1) is 19.9. The molecule has 0 spiro atoms. The first-order valence-corrected chi connectivity index (χ1v) is 10.6. The third-order valence-corrected chi connectivity index (χ3v) is 5.72. The van der Waals surface area contributed by atoms with E-state index in [0.29, 0.717) is 15.4 Å². The standard InChI is InChI=1S/C19H16N6O3S2/c1-27-14-9-5-8-13(10-14)20-18-24-25-19(30-18)29-11-15(26)21-17-23-22-16(28-17)12-6-3-2-4-7-12/h2-10H,11H2,1H3,(H,20,24)(H,21,23,26). The molecule has 30 heavy (non-hydrogen) atoms. The minimum absolute atomic E-state index is 0.0529. The minimum atomic E-state index is -0.277. The van der Waals surface area contributed by atoms with Gasteiger partial charge in [0.25, 0.3) is 0 Å². The van der Waals surface area contributed by atoms with E-state index in [1.165, 1.54) is 23.1 Å². The molecule has 2 N–H and O–H groups in total. The highest BCUT2D eigenvalue weighted by Crippen LogP contribution is 2.29. The van der Waals surface area contributed by atoms with Gasteiger partial charge in [0.05, 0.1) is 12.9 Å². The Labute approximate surface area is 179 Å². The Morgan fingerprint density at radius 3 is 2.80 bits per heavy atom. The second-order valence-electron chi connectivity index (χ2n) is 5.85. The number of amides is 1. The SMILES string of the molecule is COc1cccc(Nc2nnc(SCC(=O)Nc3nnc(-c4ccccc4)o3)s2)c1. The van der Waals surface area contributed by atoms with Crippen molar-refractivity contribution < 1.29 is 13.9 Å². The molecule has 2 aromatic heterocycles. The number of anilines is 3. The highest BCUT2D eigenvalue weighted by atomic mass is 32.2. The van der Waals surface area contributed by atoms with E-state index < -0.39 is 0 Å². The molecule has 4 aromatic rings. The molecule has 2 heterocycles. The molecule has 0 fully saturated rings. The van der Waals surface area contributed by atoms with Gasteiger partial charge >= 0.3 is 6.01 Å². The normalized spacial score (nSPS) is 10.6. The van der Waals surface area contributed by atoms with E-state index in [1.54, 1.807) is 7.11 Å². The van der Waals surface area contributed by atoms with Crippen LogP contribution in [0.3, 0.4) is 0 Å². The Kier molecular flexibility index (Phi) is 6.20. The van der Waals surface area contributed by atoms with Gasteiger partial charge in [-0.2, -0.15) is 0 Å². The van der Waals surface area contributed by atoms with Crippen LogP contribution in [-0.2, 0) is 4.79 Å². The third-order valence-electron chi connectivity index (χ3n) is 3.75. The number of methoxy groups -OCH3 is 1. The third kappa shape index (κ3) is 5.13. The van der Waals surface area contributed by atoms with Crippen molar-refractivity contribution in [3.63, 3.8) is 0 Å². The van der Waals surface area contributed by atoms with Gasteiger partial charge in [0.2, 0.25) is 16.9 Å². The number of nitrogens with zero attached hydrogens (tertiary/aromatic N) is 4. The molecule has 0 aliphatic heterocycles. The number of hydrogen-bond donors (Lipinski definition) is 2. The maximum Gasteiger partial charge on any atom is 0.322 e. The molecular weight excluding hydrogens is 424 g/mol. The smallest absolute Gasteiger partial charge is 0.322 e. The lowest BCUT2D eigenvalue weighted by Crippen LogP contribution is -2.14. The summed E-state index contributed by atoms with van der Waals surface area (Å²) < 4.78 is 11.3.